The summed E-state index contributed by atoms with van der Waals surface area (Å²) in [5.74, 6) is 1.28. The number of aromatic amines is 1. The highest BCUT2D eigenvalue weighted by Crippen LogP contribution is 2.48. The smallest absolute Gasteiger partial charge is 0.314 e. The fourth-order valence-electron chi connectivity index (χ4n) is 5.16. The zero-order valence-corrected chi connectivity index (χ0v) is 13.3. The minimum Gasteiger partial charge on any atom is -0.481 e. The number of hydrogen-bond acceptors (Lipinski definition) is 2. The molecule has 0 atom stereocenters. The van der Waals surface area contributed by atoms with Gasteiger partial charge in [0, 0.05) is 29.6 Å². The molecule has 4 aliphatic rings. The summed E-state index contributed by atoms with van der Waals surface area (Å²) in [5, 5.41) is 11.1. The summed E-state index contributed by atoms with van der Waals surface area (Å²) in [6.45, 7) is 2.30. The molecule has 1 saturated carbocycles. The first-order chi connectivity index (χ1) is 11.2. The number of carboxylic acid groups (broad SMARTS) is 1. The minimum absolute atomic E-state index is 0.642. The maximum Gasteiger partial charge on any atom is 0.314 e. The molecular weight excluding hydrogens is 288 g/mol. The third kappa shape index (κ3) is 1.69. The van der Waals surface area contributed by atoms with Crippen molar-refractivity contribution < 1.29 is 9.90 Å². The van der Waals surface area contributed by atoms with E-state index in [4.69, 9.17) is 0 Å². The predicted octanol–water partition coefficient (Wildman–Crippen LogP) is 3.76. The van der Waals surface area contributed by atoms with Gasteiger partial charge in [-0.25, -0.2) is 0 Å². The molecule has 2 fully saturated rings. The topological polar surface area (TPSA) is 56.3 Å². The summed E-state index contributed by atoms with van der Waals surface area (Å²) < 4.78 is 0. The van der Waals surface area contributed by atoms with Crippen LogP contribution in [0.5, 0.6) is 0 Å². The second kappa shape index (κ2) is 4.53. The Labute approximate surface area is 135 Å². The summed E-state index contributed by atoms with van der Waals surface area (Å²) >= 11 is 0. The third-order valence-electron chi connectivity index (χ3n) is 6.46. The van der Waals surface area contributed by atoms with Gasteiger partial charge in [-0.05, 0) is 49.3 Å². The second-order valence-electron chi connectivity index (χ2n) is 7.50. The van der Waals surface area contributed by atoms with Gasteiger partial charge >= 0.3 is 5.97 Å². The highest BCUT2D eigenvalue weighted by molar-refractivity contribution is 5.93. The van der Waals surface area contributed by atoms with Gasteiger partial charge in [0.2, 0.25) is 0 Å². The van der Waals surface area contributed by atoms with E-state index >= 15 is 0 Å². The number of fused-ring (bicyclic) bond motifs is 3. The average Bonchev–Trinajstić information content (AvgIpc) is 3.22. The van der Waals surface area contributed by atoms with E-state index in [2.05, 4.69) is 22.0 Å². The lowest BCUT2D eigenvalue weighted by atomic mass is 9.77. The lowest BCUT2D eigenvalue weighted by Crippen LogP contribution is -2.38. The lowest BCUT2D eigenvalue weighted by molar-refractivity contribution is -0.143. The summed E-state index contributed by atoms with van der Waals surface area (Å²) in [6.07, 6.45) is 6.05. The zero-order valence-electron chi connectivity index (χ0n) is 13.3. The van der Waals surface area contributed by atoms with Crippen molar-refractivity contribution in [2.24, 2.45) is 0 Å². The molecule has 2 N–H and O–H groups in total. The monoisotopic (exact) mass is 310 g/mol. The van der Waals surface area contributed by atoms with E-state index in [1.165, 1.54) is 29.6 Å². The molecule has 2 aromatic rings. The van der Waals surface area contributed by atoms with E-state index in [0.717, 1.165) is 49.9 Å². The molecule has 0 radical (unpaired) electrons. The van der Waals surface area contributed by atoms with Crippen molar-refractivity contribution >= 4 is 22.7 Å². The second-order valence-corrected chi connectivity index (χ2v) is 7.50. The van der Waals surface area contributed by atoms with Crippen LogP contribution in [0.25, 0.3) is 10.9 Å². The van der Waals surface area contributed by atoms with Crippen LogP contribution in [0.15, 0.2) is 18.2 Å². The Balaban J connectivity index is 1.71. The van der Waals surface area contributed by atoms with E-state index in [-0.39, 0.29) is 0 Å². The number of anilines is 1. The summed E-state index contributed by atoms with van der Waals surface area (Å²) in [6, 6.07) is 6.33. The molecule has 0 spiro atoms. The summed E-state index contributed by atoms with van der Waals surface area (Å²) in [4.78, 5) is 18.0. The fraction of sp³-hybridized carbons (Fsp3) is 0.526. The molecule has 120 valence electrons. The van der Waals surface area contributed by atoms with Crippen LogP contribution < -0.4 is 4.90 Å². The van der Waals surface area contributed by atoms with Gasteiger partial charge in [0.05, 0.1) is 5.41 Å². The van der Waals surface area contributed by atoms with Crippen molar-refractivity contribution in [1.29, 1.82) is 0 Å². The van der Waals surface area contributed by atoms with Gasteiger partial charge in [-0.2, -0.15) is 0 Å². The van der Waals surface area contributed by atoms with Gasteiger partial charge in [-0.3, -0.25) is 4.79 Å². The van der Waals surface area contributed by atoms with E-state index in [1.807, 2.05) is 6.07 Å². The summed E-state index contributed by atoms with van der Waals surface area (Å²) in [7, 11) is 0. The fourth-order valence-corrected chi connectivity index (χ4v) is 5.16. The number of hydrogen-bond donors (Lipinski definition) is 2. The Morgan fingerprint density at radius 1 is 1.22 bits per heavy atom. The molecule has 0 unspecified atom stereocenters. The van der Waals surface area contributed by atoms with Crippen LogP contribution in [0.1, 0.15) is 55.6 Å². The van der Waals surface area contributed by atoms with Crippen LogP contribution in [0.3, 0.4) is 0 Å². The molecular formula is C19H22N2O2. The molecule has 4 heterocycles. The van der Waals surface area contributed by atoms with E-state index in [9.17, 15) is 9.90 Å². The van der Waals surface area contributed by atoms with Crippen LogP contribution in [-0.2, 0) is 10.2 Å². The highest BCUT2D eigenvalue weighted by Gasteiger charge is 2.43. The lowest BCUT2D eigenvalue weighted by Gasteiger charge is -2.40. The molecule has 4 nitrogen and oxygen atoms in total. The molecule has 1 aliphatic carbocycles. The van der Waals surface area contributed by atoms with Crippen molar-refractivity contribution in [1.82, 2.24) is 4.98 Å². The first-order valence-corrected chi connectivity index (χ1v) is 8.83. The van der Waals surface area contributed by atoms with Crippen LogP contribution >= 0.6 is 0 Å². The molecule has 1 aromatic carbocycles. The predicted molar refractivity (Wildman–Crippen MR) is 90.3 cm³/mol. The largest absolute Gasteiger partial charge is 0.481 e. The van der Waals surface area contributed by atoms with Crippen molar-refractivity contribution in [3.05, 3.63) is 29.3 Å². The Hall–Kier alpha value is -1.97. The van der Waals surface area contributed by atoms with Gasteiger partial charge < -0.3 is 15.0 Å². The molecule has 0 amide bonds. The van der Waals surface area contributed by atoms with Gasteiger partial charge in [0.15, 0.2) is 0 Å². The zero-order chi connectivity index (χ0) is 15.6. The Morgan fingerprint density at radius 3 is 2.65 bits per heavy atom. The maximum atomic E-state index is 12.0. The first kappa shape index (κ1) is 13.5. The number of carbonyl (C=O) groups is 1. The maximum absolute atomic E-state index is 12.0. The number of H-pyrrole nitrogens is 1. The van der Waals surface area contributed by atoms with E-state index in [1.54, 1.807) is 0 Å². The molecule has 6 rings (SSSR count). The SMILES string of the molecule is O=C(O)C1(c2ccc3[nH]c4c(c3c2)C2CCN4CC2)CCCC1. The normalized spacial score (nSPS) is 22.7. The molecule has 1 aromatic heterocycles. The number of aliphatic carboxylic acids is 1. The van der Waals surface area contributed by atoms with Crippen molar-refractivity contribution in [3.8, 4) is 0 Å². The number of piperidine rings is 1. The number of rotatable bonds is 2. The number of aromatic nitrogens is 1. The van der Waals surface area contributed by atoms with Crippen LogP contribution in [0, 0.1) is 0 Å². The quantitative estimate of drug-likeness (QED) is 0.888. The van der Waals surface area contributed by atoms with Gasteiger partial charge in [-0.15, -0.1) is 0 Å². The van der Waals surface area contributed by atoms with Gasteiger partial charge in [0.25, 0.3) is 0 Å². The number of nitrogens with one attached hydrogen (secondary N) is 1. The van der Waals surface area contributed by atoms with Crippen LogP contribution in [-0.4, -0.2) is 29.1 Å². The van der Waals surface area contributed by atoms with Crippen molar-refractivity contribution in [3.63, 3.8) is 0 Å². The number of benzene rings is 1. The molecule has 4 heteroatoms. The summed E-state index contributed by atoms with van der Waals surface area (Å²) in [5.41, 5.74) is 2.95. The molecule has 23 heavy (non-hydrogen) atoms. The van der Waals surface area contributed by atoms with Crippen LogP contribution in [0.4, 0.5) is 5.82 Å². The molecule has 3 aliphatic heterocycles. The van der Waals surface area contributed by atoms with Crippen molar-refractivity contribution in [2.45, 2.75) is 49.9 Å². The first-order valence-electron chi connectivity index (χ1n) is 8.83. The molecule has 2 bridgehead atoms. The van der Waals surface area contributed by atoms with E-state index in [0.29, 0.717) is 5.92 Å². The minimum atomic E-state index is -0.660. The Morgan fingerprint density at radius 2 is 1.96 bits per heavy atom. The Bertz CT molecular complexity index is 793. The van der Waals surface area contributed by atoms with Gasteiger partial charge in [-0.1, -0.05) is 18.9 Å². The Kier molecular flexibility index (Phi) is 2.65. The third-order valence-corrected chi connectivity index (χ3v) is 6.46. The van der Waals surface area contributed by atoms with E-state index < -0.39 is 11.4 Å². The molecule has 1 saturated heterocycles. The number of nitrogens with zero attached hydrogens (tertiary/aromatic N) is 1. The van der Waals surface area contributed by atoms with Crippen LogP contribution in [0.2, 0.25) is 0 Å². The van der Waals surface area contributed by atoms with Crippen molar-refractivity contribution in [2.75, 3.05) is 18.0 Å². The highest BCUT2D eigenvalue weighted by atomic mass is 16.4. The standard InChI is InChI=1S/C19H22N2O2/c22-18(23)19(7-1-2-8-19)13-3-4-15-14(11-13)16-12-5-9-21(10-6-12)17(16)20-15/h3-4,11-12,20H,1-2,5-10H2,(H,22,23). The average molecular weight is 310 g/mol. The van der Waals surface area contributed by atoms with Gasteiger partial charge in [0.1, 0.15) is 5.82 Å². The number of carboxylic acids is 1.